The van der Waals surface area contributed by atoms with Gasteiger partial charge in [-0.05, 0) is 0 Å². The second-order valence-corrected chi connectivity index (χ2v) is 3.36. The number of hydrogen-bond acceptors (Lipinski definition) is 5. The van der Waals surface area contributed by atoms with Crippen molar-refractivity contribution in [1.82, 2.24) is 9.97 Å². The number of aromatic nitrogens is 2. The SMILES string of the molecule is COc1ncc(C2CC(=O)CCO2)cn1. The topological polar surface area (TPSA) is 61.3 Å². The van der Waals surface area contributed by atoms with Gasteiger partial charge in [-0.15, -0.1) is 0 Å². The molecular weight excluding hydrogens is 196 g/mol. The molecule has 1 unspecified atom stereocenters. The first-order chi connectivity index (χ1) is 7.29. The summed E-state index contributed by atoms with van der Waals surface area (Å²) in [6, 6.07) is 0.320. The third-order valence-electron chi connectivity index (χ3n) is 2.32. The molecular formula is C10H12N2O3. The van der Waals surface area contributed by atoms with Crippen molar-refractivity contribution in [3.63, 3.8) is 0 Å². The van der Waals surface area contributed by atoms with Crippen molar-refractivity contribution in [1.29, 1.82) is 0 Å². The van der Waals surface area contributed by atoms with Crippen LogP contribution in [-0.2, 0) is 9.53 Å². The van der Waals surface area contributed by atoms with E-state index in [2.05, 4.69) is 9.97 Å². The van der Waals surface area contributed by atoms with Gasteiger partial charge in [0.25, 0.3) is 0 Å². The number of carbonyl (C=O) groups is 1. The van der Waals surface area contributed by atoms with E-state index in [0.29, 0.717) is 25.5 Å². The Morgan fingerprint density at radius 3 is 2.80 bits per heavy atom. The molecule has 5 nitrogen and oxygen atoms in total. The molecule has 0 radical (unpaired) electrons. The van der Waals surface area contributed by atoms with Gasteiger partial charge in [-0.3, -0.25) is 4.79 Å². The van der Waals surface area contributed by atoms with E-state index in [1.165, 1.54) is 7.11 Å². The van der Waals surface area contributed by atoms with Gasteiger partial charge in [-0.1, -0.05) is 0 Å². The van der Waals surface area contributed by atoms with E-state index < -0.39 is 0 Å². The van der Waals surface area contributed by atoms with Crippen LogP contribution in [0.2, 0.25) is 0 Å². The van der Waals surface area contributed by atoms with Crippen LogP contribution < -0.4 is 4.74 Å². The van der Waals surface area contributed by atoms with Crippen LogP contribution in [0.3, 0.4) is 0 Å². The Bertz CT molecular complexity index is 350. The normalized spacial score (nSPS) is 21.4. The highest BCUT2D eigenvalue weighted by Crippen LogP contribution is 2.25. The Morgan fingerprint density at radius 2 is 2.20 bits per heavy atom. The van der Waals surface area contributed by atoms with Crippen molar-refractivity contribution in [2.45, 2.75) is 18.9 Å². The van der Waals surface area contributed by atoms with E-state index in [0.717, 1.165) is 5.56 Å². The van der Waals surface area contributed by atoms with Crippen LogP contribution in [0.4, 0.5) is 0 Å². The van der Waals surface area contributed by atoms with Gasteiger partial charge >= 0.3 is 6.01 Å². The summed E-state index contributed by atoms with van der Waals surface area (Å²) >= 11 is 0. The molecule has 2 heterocycles. The molecule has 1 aliphatic heterocycles. The van der Waals surface area contributed by atoms with Gasteiger partial charge in [-0.2, -0.15) is 0 Å². The summed E-state index contributed by atoms with van der Waals surface area (Å²) in [4.78, 5) is 19.2. The van der Waals surface area contributed by atoms with Crippen LogP contribution >= 0.6 is 0 Å². The fourth-order valence-electron chi connectivity index (χ4n) is 1.49. The highest BCUT2D eigenvalue weighted by Gasteiger charge is 2.22. The second-order valence-electron chi connectivity index (χ2n) is 3.36. The molecule has 0 N–H and O–H groups in total. The van der Waals surface area contributed by atoms with E-state index in [1.54, 1.807) is 12.4 Å². The summed E-state index contributed by atoms with van der Waals surface area (Å²) in [6.07, 6.45) is 3.99. The Morgan fingerprint density at radius 1 is 1.47 bits per heavy atom. The lowest BCUT2D eigenvalue weighted by molar-refractivity contribution is -0.128. The summed E-state index contributed by atoms with van der Waals surface area (Å²) in [5, 5.41) is 0. The van der Waals surface area contributed by atoms with Crippen molar-refractivity contribution >= 4 is 5.78 Å². The maximum Gasteiger partial charge on any atom is 0.316 e. The number of carbonyl (C=O) groups excluding carboxylic acids is 1. The minimum Gasteiger partial charge on any atom is -0.467 e. The zero-order valence-electron chi connectivity index (χ0n) is 8.47. The lowest BCUT2D eigenvalue weighted by atomic mass is 10.0. The van der Waals surface area contributed by atoms with Crippen molar-refractivity contribution in [3.8, 4) is 6.01 Å². The first-order valence-electron chi connectivity index (χ1n) is 4.79. The lowest BCUT2D eigenvalue weighted by Gasteiger charge is -2.21. The van der Waals surface area contributed by atoms with Gasteiger partial charge < -0.3 is 9.47 Å². The average Bonchev–Trinajstić information content (AvgIpc) is 2.29. The van der Waals surface area contributed by atoms with Crippen molar-refractivity contribution in [2.24, 2.45) is 0 Å². The number of Topliss-reactive ketones (excluding diaryl/α,β-unsaturated/α-hetero) is 1. The zero-order chi connectivity index (χ0) is 10.7. The van der Waals surface area contributed by atoms with Crippen molar-refractivity contribution < 1.29 is 14.3 Å². The Hall–Kier alpha value is -1.49. The molecule has 0 aromatic carbocycles. The summed E-state index contributed by atoms with van der Waals surface area (Å²) in [5.74, 6) is 0.224. The molecule has 1 atom stereocenters. The molecule has 0 saturated carbocycles. The van der Waals surface area contributed by atoms with Crippen LogP contribution in [0, 0.1) is 0 Å². The molecule has 1 saturated heterocycles. The third-order valence-corrected chi connectivity index (χ3v) is 2.32. The fraction of sp³-hybridized carbons (Fsp3) is 0.500. The molecule has 1 aliphatic rings. The third kappa shape index (κ3) is 2.30. The molecule has 1 aromatic rings. The summed E-state index contributed by atoms with van der Waals surface area (Å²) in [5.41, 5.74) is 0.823. The highest BCUT2D eigenvalue weighted by atomic mass is 16.5. The molecule has 1 fully saturated rings. The van der Waals surface area contributed by atoms with E-state index >= 15 is 0 Å². The van der Waals surface area contributed by atoms with Crippen LogP contribution in [0.15, 0.2) is 12.4 Å². The number of ether oxygens (including phenoxy) is 2. The first kappa shape index (κ1) is 10.0. The first-order valence-corrected chi connectivity index (χ1v) is 4.79. The van der Waals surface area contributed by atoms with Gasteiger partial charge in [0.05, 0.1) is 19.8 Å². The van der Waals surface area contributed by atoms with Crippen molar-refractivity contribution in [2.75, 3.05) is 13.7 Å². The molecule has 5 heteroatoms. The molecule has 0 spiro atoms. The number of methoxy groups -OCH3 is 1. The summed E-state index contributed by atoms with van der Waals surface area (Å²) < 4.78 is 10.3. The Kier molecular flexibility index (Phi) is 2.91. The molecule has 0 amide bonds. The molecule has 80 valence electrons. The highest BCUT2D eigenvalue weighted by molar-refractivity contribution is 5.79. The number of ketones is 1. The van der Waals surface area contributed by atoms with Crippen LogP contribution in [0.25, 0.3) is 0 Å². The van der Waals surface area contributed by atoms with Crippen LogP contribution in [0.5, 0.6) is 6.01 Å². The smallest absolute Gasteiger partial charge is 0.316 e. The number of rotatable bonds is 2. The number of nitrogens with zero attached hydrogens (tertiary/aromatic N) is 2. The Balaban J connectivity index is 2.11. The average molecular weight is 208 g/mol. The number of hydrogen-bond donors (Lipinski definition) is 0. The fourth-order valence-corrected chi connectivity index (χ4v) is 1.49. The molecule has 1 aromatic heterocycles. The standard InChI is InChI=1S/C10H12N2O3/c1-14-10-11-5-7(6-12-10)9-4-8(13)2-3-15-9/h5-6,9H,2-4H2,1H3. The van der Waals surface area contributed by atoms with E-state index in [4.69, 9.17) is 9.47 Å². The maximum absolute atomic E-state index is 11.2. The van der Waals surface area contributed by atoms with Gasteiger partial charge in [0, 0.05) is 30.8 Å². The van der Waals surface area contributed by atoms with E-state index in [9.17, 15) is 4.79 Å². The van der Waals surface area contributed by atoms with Gasteiger partial charge in [0.15, 0.2) is 0 Å². The molecule has 15 heavy (non-hydrogen) atoms. The monoisotopic (exact) mass is 208 g/mol. The molecule has 2 rings (SSSR count). The van der Waals surface area contributed by atoms with Crippen LogP contribution in [-0.4, -0.2) is 29.5 Å². The van der Waals surface area contributed by atoms with Gasteiger partial charge in [-0.25, -0.2) is 9.97 Å². The van der Waals surface area contributed by atoms with E-state index in [-0.39, 0.29) is 11.9 Å². The maximum atomic E-state index is 11.2. The van der Waals surface area contributed by atoms with E-state index in [1.807, 2.05) is 0 Å². The van der Waals surface area contributed by atoms with Gasteiger partial charge in [0.1, 0.15) is 5.78 Å². The van der Waals surface area contributed by atoms with Gasteiger partial charge in [0.2, 0.25) is 0 Å². The zero-order valence-corrected chi connectivity index (χ0v) is 8.47. The quantitative estimate of drug-likeness (QED) is 0.722. The largest absolute Gasteiger partial charge is 0.467 e. The lowest BCUT2D eigenvalue weighted by Crippen LogP contribution is -2.19. The molecule has 0 aliphatic carbocycles. The minimum absolute atomic E-state index is 0.197. The molecule has 0 bridgehead atoms. The summed E-state index contributed by atoms with van der Waals surface area (Å²) in [6.45, 7) is 0.482. The predicted molar refractivity (Wildman–Crippen MR) is 51.5 cm³/mol. The second kappa shape index (κ2) is 4.35. The minimum atomic E-state index is -0.197. The van der Waals surface area contributed by atoms with Crippen molar-refractivity contribution in [3.05, 3.63) is 18.0 Å². The predicted octanol–water partition coefficient (Wildman–Crippen LogP) is 0.906. The Labute approximate surface area is 87.4 Å². The summed E-state index contributed by atoms with van der Waals surface area (Å²) in [7, 11) is 1.51. The van der Waals surface area contributed by atoms with Crippen LogP contribution in [0.1, 0.15) is 24.5 Å².